The number of carbonyl (C=O) groups excluding carboxylic acids is 1. The van der Waals surface area contributed by atoms with Gasteiger partial charge in [0.15, 0.2) is 0 Å². The fourth-order valence-electron chi connectivity index (χ4n) is 3.91. The molecule has 0 spiro atoms. The molecule has 2 aliphatic rings. The van der Waals surface area contributed by atoms with Crippen LogP contribution in [0.5, 0.6) is 0 Å². The fourth-order valence-corrected chi connectivity index (χ4v) is 3.91. The van der Waals surface area contributed by atoms with E-state index in [0.29, 0.717) is 11.6 Å². The van der Waals surface area contributed by atoms with Crippen molar-refractivity contribution in [2.75, 3.05) is 26.2 Å². The maximum atomic E-state index is 13.0. The monoisotopic (exact) mass is 338 g/mol. The zero-order valence-corrected chi connectivity index (χ0v) is 14.1. The summed E-state index contributed by atoms with van der Waals surface area (Å²) in [5.74, 6) is 0.0907. The van der Waals surface area contributed by atoms with Crippen LogP contribution in [0.1, 0.15) is 29.6 Å². The van der Waals surface area contributed by atoms with Gasteiger partial charge in [-0.3, -0.25) is 9.69 Å². The summed E-state index contributed by atoms with van der Waals surface area (Å²) in [7, 11) is 0. The molecule has 1 aromatic carbocycles. The summed E-state index contributed by atoms with van der Waals surface area (Å²) in [5.41, 5.74) is 2.00. The molecule has 6 heteroatoms. The molecule has 0 bridgehead atoms. The molecule has 1 N–H and O–H groups in total. The van der Waals surface area contributed by atoms with E-state index < -0.39 is 0 Å². The number of carbonyl (C=O) groups is 1. The topological polar surface area (TPSA) is 69.3 Å². The summed E-state index contributed by atoms with van der Waals surface area (Å²) in [4.78, 5) is 35.0. The first-order chi connectivity index (χ1) is 12.2. The number of nitrogens with zero attached hydrogens (tertiary/aromatic N) is 3. The summed E-state index contributed by atoms with van der Waals surface area (Å²) in [6, 6.07) is 8.07. The number of rotatable bonds is 2. The second-order valence-corrected chi connectivity index (χ2v) is 6.82. The highest BCUT2D eigenvalue weighted by molar-refractivity contribution is 5.95. The van der Waals surface area contributed by atoms with Crippen LogP contribution < -0.4 is 5.69 Å². The Hall–Kier alpha value is -2.47. The molecule has 0 radical (unpaired) electrons. The molecule has 25 heavy (non-hydrogen) atoms. The van der Waals surface area contributed by atoms with Gasteiger partial charge in [-0.05, 0) is 43.5 Å². The van der Waals surface area contributed by atoms with E-state index in [-0.39, 0.29) is 11.6 Å². The van der Waals surface area contributed by atoms with Crippen molar-refractivity contribution in [1.82, 2.24) is 19.8 Å². The first-order valence-corrected chi connectivity index (χ1v) is 8.89. The molecule has 0 unspecified atom stereocenters. The molecule has 1 aromatic heterocycles. The second-order valence-electron chi connectivity index (χ2n) is 6.82. The zero-order chi connectivity index (χ0) is 17.2. The largest absolute Gasteiger partial charge is 0.344 e. The molecule has 2 aromatic rings. The first-order valence-electron chi connectivity index (χ1n) is 8.89. The summed E-state index contributed by atoms with van der Waals surface area (Å²) in [6.45, 7) is 3.90. The van der Waals surface area contributed by atoms with Gasteiger partial charge < -0.3 is 9.88 Å². The summed E-state index contributed by atoms with van der Waals surface area (Å²) < 4.78 is 0. The molecule has 4 rings (SSSR count). The molecule has 2 aliphatic heterocycles. The molecular weight excluding hydrogens is 316 g/mol. The molecule has 130 valence electrons. The van der Waals surface area contributed by atoms with Crippen molar-refractivity contribution < 1.29 is 4.79 Å². The Labute approximate surface area is 146 Å². The van der Waals surface area contributed by atoms with Crippen molar-refractivity contribution >= 4 is 5.91 Å². The lowest BCUT2D eigenvalue weighted by Crippen LogP contribution is -2.39. The maximum Gasteiger partial charge on any atom is 0.344 e. The van der Waals surface area contributed by atoms with E-state index in [0.717, 1.165) is 37.2 Å². The SMILES string of the molecule is O=C(c1cccc(-c2cnc(=O)[nH]c2)c1)N1CCCN2CCC[C@H]2C1. The van der Waals surface area contributed by atoms with Crippen molar-refractivity contribution in [3.05, 3.63) is 52.7 Å². The molecule has 2 saturated heterocycles. The number of fused-ring (bicyclic) bond motifs is 1. The second kappa shape index (κ2) is 6.80. The average Bonchev–Trinajstić information content (AvgIpc) is 2.98. The van der Waals surface area contributed by atoms with Crippen molar-refractivity contribution in [1.29, 1.82) is 0 Å². The van der Waals surface area contributed by atoms with Gasteiger partial charge in [-0.2, -0.15) is 0 Å². The van der Waals surface area contributed by atoms with Crippen LogP contribution in [0.3, 0.4) is 0 Å². The Balaban J connectivity index is 1.56. The standard InChI is InChI=1S/C19H22N4O2/c24-18(23-9-3-8-22-7-2-6-17(22)13-23)15-5-1-4-14(10-15)16-11-20-19(25)21-12-16/h1,4-5,10-12,17H,2-3,6-9,13H2,(H,20,21,25)/t17-/m0/s1. The number of aromatic amines is 1. The van der Waals surface area contributed by atoms with E-state index in [2.05, 4.69) is 14.9 Å². The van der Waals surface area contributed by atoms with Crippen LogP contribution in [0, 0.1) is 0 Å². The Bertz CT molecular complexity index is 812. The predicted octanol–water partition coefficient (Wildman–Crippen LogP) is 1.75. The van der Waals surface area contributed by atoms with Gasteiger partial charge in [0.1, 0.15) is 0 Å². The van der Waals surface area contributed by atoms with Gasteiger partial charge in [-0.25, -0.2) is 9.78 Å². The van der Waals surface area contributed by atoms with Crippen LogP contribution in [0.15, 0.2) is 41.5 Å². The highest BCUT2D eigenvalue weighted by atomic mass is 16.2. The number of benzene rings is 1. The van der Waals surface area contributed by atoms with Crippen LogP contribution in [0.4, 0.5) is 0 Å². The molecule has 3 heterocycles. The number of aromatic nitrogens is 2. The van der Waals surface area contributed by atoms with Gasteiger partial charge in [0.05, 0.1) is 0 Å². The van der Waals surface area contributed by atoms with E-state index in [4.69, 9.17) is 0 Å². The van der Waals surface area contributed by atoms with E-state index >= 15 is 0 Å². The van der Waals surface area contributed by atoms with Crippen molar-refractivity contribution in [3.8, 4) is 11.1 Å². The van der Waals surface area contributed by atoms with E-state index in [9.17, 15) is 9.59 Å². The fraction of sp³-hybridized carbons (Fsp3) is 0.421. The van der Waals surface area contributed by atoms with Crippen molar-refractivity contribution in [2.45, 2.75) is 25.3 Å². The molecule has 1 amide bonds. The summed E-state index contributed by atoms with van der Waals surface area (Å²) >= 11 is 0. The lowest BCUT2D eigenvalue weighted by molar-refractivity contribution is 0.0743. The van der Waals surface area contributed by atoms with Gasteiger partial charge in [0, 0.05) is 49.2 Å². The van der Waals surface area contributed by atoms with Gasteiger partial charge in [0.2, 0.25) is 0 Å². The van der Waals surface area contributed by atoms with Gasteiger partial charge >= 0.3 is 5.69 Å². The Morgan fingerprint density at radius 3 is 2.88 bits per heavy atom. The number of hydrogen-bond donors (Lipinski definition) is 1. The lowest BCUT2D eigenvalue weighted by atomic mass is 10.0. The molecular formula is C19H22N4O2. The zero-order valence-electron chi connectivity index (χ0n) is 14.1. The third kappa shape index (κ3) is 3.35. The minimum absolute atomic E-state index is 0.0907. The van der Waals surface area contributed by atoms with E-state index in [1.165, 1.54) is 25.6 Å². The number of hydrogen-bond acceptors (Lipinski definition) is 4. The van der Waals surface area contributed by atoms with Crippen LogP contribution in [0.2, 0.25) is 0 Å². The van der Waals surface area contributed by atoms with Crippen LogP contribution in [0.25, 0.3) is 11.1 Å². The van der Waals surface area contributed by atoms with E-state index in [1.807, 2.05) is 29.2 Å². The smallest absolute Gasteiger partial charge is 0.337 e. The van der Waals surface area contributed by atoms with Crippen LogP contribution >= 0.6 is 0 Å². The highest BCUT2D eigenvalue weighted by Gasteiger charge is 2.30. The summed E-state index contributed by atoms with van der Waals surface area (Å²) in [5, 5.41) is 0. The number of H-pyrrole nitrogens is 1. The van der Waals surface area contributed by atoms with Gasteiger partial charge in [-0.1, -0.05) is 12.1 Å². The Morgan fingerprint density at radius 1 is 1.16 bits per heavy atom. The van der Waals surface area contributed by atoms with Crippen LogP contribution in [-0.2, 0) is 0 Å². The normalized spacial score (nSPS) is 21.0. The van der Waals surface area contributed by atoms with Gasteiger partial charge in [0.25, 0.3) is 5.91 Å². The average molecular weight is 338 g/mol. The van der Waals surface area contributed by atoms with Crippen LogP contribution in [-0.4, -0.2) is 57.9 Å². The first kappa shape index (κ1) is 16.0. The Morgan fingerprint density at radius 2 is 2.04 bits per heavy atom. The third-order valence-corrected chi connectivity index (χ3v) is 5.21. The minimum atomic E-state index is -0.373. The molecule has 0 aliphatic carbocycles. The number of nitrogens with one attached hydrogen (secondary N) is 1. The summed E-state index contributed by atoms with van der Waals surface area (Å²) in [6.07, 6.45) is 6.62. The molecule has 2 fully saturated rings. The number of amides is 1. The minimum Gasteiger partial charge on any atom is -0.337 e. The highest BCUT2D eigenvalue weighted by Crippen LogP contribution is 2.23. The quantitative estimate of drug-likeness (QED) is 0.906. The van der Waals surface area contributed by atoms with Crippen molar-refractivity contribution in [3.63, 3.8) is 0 Å². The molecule has 0 saturated carbocycles. The van der Waals surface area contributed by atoms with Crippen molar-refractivity contribution in [2.24, 2.45) is 0 Å². The van der Waals surface area contributed by atoms with E-state index in [1.54, 1.807) is 6.20 Å². The maximum absolute atomic E-state index is 13.0. The third-order valence-electron chi connectivity index (χ3n) is 5.21. The predicted molar refractivity (Wildman–Crippen MR) is 95.4 cm³/mol. The molecule has 6 nitrogen and oxygen atoms in total. The Kier molecular flexibility index (Phi) is 4.36. The molecule has 1 atom stereocenters. The van der Waals surface area contributed by atoms with Gasteiger partial charge in [-0.15, -0.1) is 0 Å². The lowest BCUT2D eigenvalue weighted by Gasteiger charge is -2.26.